The highest BCUT2D eigenvalue weighted by atomic mass is 16.3. The van der Waals surface area contributed by atoms with Gasteiger partial charge < -0.3 is 14.2 Å². The highest BCUT2D eigenvalue weighted by Gasteiger charge is 2.28. The summed E-state index contributed by atoms with van der Waals surface area (Å²) in [4.78, 5) is 34.7. The molecule has 172 valence electrons. The van der Waals surface area contributed by atoms with E-state index in [1.807, 2.05) is 36.1 Å². The molecule has 0 N–H and O–H groups in total. The lowest BCUT2D eigenvalue weighted by Crippen LogP contribution is -2.50. The van der Waals surface area contributed by atoms with Gasteiger partial charge in [-0.2, -0.15) is 0 Å². The normalized spacial score (nSPS) is 13.9. The Labute approximate surface area is 198 Å². The molecule has 2 amide bonds. The fourth-order valence-electron chi connectivity index (χ4n) is 4.41. The van der Waals surface area contributed by atoms with Gasteiger partial charge >= 0.3 is 0 Å². The van der Waals surface area contributed by atoms with E-state index >= 15 is 0 Å². The Morgan fingerprint density at radius 1 is 0.912 bits per heavy atom. The van der Waals surface area contributed by atoms with Crippen molar-refractivity contribution in [1.82, 2.24) is 14.8 Å². The lowest BCUT2D eigenvalue weighted by molar-refractivity contribution is 0.0519. The molecule has 1 fully saturated rings. The van der Waals surface area contributed by atoms with Crippen LogP contribution in [0, 0.1) is 6.92 Å². The second-order valence-corrected chi connectivity index (χ2v) is 8.69. The van der Waals surface area contributed by atoms with Gasteiger partial charge in [-0.25, -0.2) is 4.98 Å². The summed E-state index contributed by atoms with van der Waals surface area (Å²) >= 11 is 0. The van der Waals surface area contributed by atoms with Crippen LogP contribution in [0.2, 0.25) is 0 Å². The Kier molecular flexibility index (Phi) is 5.88. The Hall–Kier alpha value is -3.93. The van der Waals surface area contributed by atoms with Crippen molar-refractivity contribution < 1.29 is 14.0 Å². The summed E-state index contributed by atoms with van der Waals surface area (Å²) in [5, 5.41) is 0.855. The third-order valence-corrected chi connectivity index (χ3v) is 6.44. The minimum Gasteiger partial charge on any atom is -0.459 e. The molecule has 0 saturated carbocycles. The van der Waals surface area contributed by atoms with Gasteiger partial charge in [0.2, 0.25) is 0 Å². The van der Waals surface area contributed by atoms with E-state index in [2.05, 4.69) is 31.2 Å². The van der Waals surface area contributed by atoms with Crippen LogP contribution in [0.4, 0.5) is 0 Å². The summed E-state index contributed by atoms with van der Waals surface area (Å²) in [6.07, 6.45) is 2.47. The van der Waals surface area contributed by atoms with E-state index in [1.54, 1.807) is 17.0 Å². The molecule has 0 bridgehead atoms. The molecule has 0 atom stereocenters. The lowest BCUT2D eigenvalue weighted by atomic mass is 10.0. The maximum Gasteiger partial charge on any atom is 0.289 e. The zero-order valence-corrected chi connectivity index (χ0v) is 19.5. The predicted octanol–water partition coefficient (Wildman–Crippen LogP) is 4.96. The standard InChI is InChI=1S/C28H27N3O3/c1-3-20-7-9-21(10-8-20)25-18-23(22-17-19(2)6-11-24(22)29-25)27(32)30-12-14-31(15-13-30)28(33)26-5-4-16-34-26/h4-11,16-18H,3,12-15H2,1-2H3. The Morgan fingerprint density at radius 3 is 2.26 bits per heavy atom. The number of pyridine rings is 1. The second kappa shape index (κ2) is 9.14. The van der Waals surface area contributed by atoms with E-state index in [9.17, 15) is 9.59 Å². The summed E-state index contributed by atoms with van der Waals surface area (Å²) in [5.41, 5.74) is 5.57. The number of fused-ring (bicyclic) bond motifs is 1. The van der Waals surface area contributed by atoms with E-state index in [0.29, 0.717) is 37.5 Å². The topological polar surface area (TPSA) is 66.7 Å². The molecule has 1 aliphatic rings. The molecule has 4 aromatic rings. The van der Waals surface area contributed by atoms with Crippen LogP contribution in [0.3, 0.4) is 0 Å². The molecule has 0 unspecified atom stereocenters. The molecule has 2 aromatic carbocycles. The van der Waals surface area contributed by atoms with Gasteiger partial charge in [-0.05, 0) is 49.2 Å². The molecule has 3 heterocycles. The number of carbonyl (C=O) groups is 2. The fourth-order valence-corrected chi connectivity index (χ4v) is 4.41. The van der Waals surface area contributed by atoms with Crippen molar-refractivity contribution >= 4 is 22.7 Å². The van der Waals surface area contributed by atoms with E-state index in [4.69, 9.17) is 9.40 Å². The average molecular weight is 454 g/mol. The molecule has 1 saturated heterocycles. The quantitative estimate of drug-likeness (QED) is 0.438. The molecule has 2 aromatic heterocycles. The minimum atomic E-state index is -0.139. The summed E-state index contributed by atoms with van der Waals surface area (Å²) in [6, 6.07) is 19.6. The lowest BCUT2D eigenvalue weighted by Gasteiger charge is -2.34. The Balaban J connectivity index is 1.44. The number of amides is 2. The van der Waals surface area contributed by atoms with Crippen molar-refractivity contribution in [3.05, 3.63) is 89.4 Å². The molecule has 5 rings (SSSR count). The maximum atomic E-state index is 13.7. The number of piperazine rings is 1. The Morgan fingerprint density at radius 2 is 1.62 bits per heavy atom. The summed E-state index contributed by atoms with van der Waals surface area (Å²) in [7, 11) is 0. The van der Waals surface area contributed by atoms with Crippen LogP contribution in [0.25, 0.3) is 22.2 Å². The first-order chi connectivity index (χ1) is 16.5. The fraction of sp³-hybridized carbons (Fsp3) is 0.250. The van der Waals surface area contributed by atoms with Crippen molar-refractivity contribution in [3.63, 3.8) is 0 Å². The van der Waals surface area contributed by atoms with E-state index in [1.165, 1.54) is 11.8 Å². The molecule has 6 nitrogen and oxygen atoms in total. The van der Waals surface area contributed by atoms with Gasteiger partial charge in [-0.1, -0.05) is 42.8 Å². The van der Waals surface area contributed by atoms with Crippen molar-refractivity contribution in [3.8, 4) is 11.3 Å². The van der Waals surface area contributed by atoms with Gasteiger partial charge in [-0.3, -0.25) is 9.59 Å². The number of benzene rings is 2. The Bertz CT molecular complexity index is 1340. The molecule has 34 heavy (non-hydrogen) atoms. The van der Waals surface area contributed by atoms with Crippen LogP contribution in [-0.4, -0.2) is 52.8 Å². The minimum absolute atomic E-state index is 0.0328. The smallest absolute Gasteiger partial charge is 0.289 e. The zero-order chi connectivity index (χ0) is 23.7. The SMILES string of the molecule is CCc1ccc(-c2cc(C(=O)N3CCN(C(=O)c4ccco4)CC3)c3cc(C)ccc3n2)cc1. The largest absolute Gasteiger partial charge is 0.459 e. The maximum absolute atomic E-state index is 13.7. The van der Waals surface area contributed by atoms with E-state index in [-0.39, 0.29) is 11.8 Å². The monoisotopic (exact) mass is 453 g/mol. The predicted molar refractivity (Wildman–Crippen MR) is 132 cm³/mol. The number of carbonyl (C=O) groups excluding carboxylic acids is 2. The highest BCUT2D eigenvalue weighted by Crippen LogP contribution is 2.27. The molecule has 6 heteroatoms. The highest BCUT2D eigenvalue weighted by molar-refractivity contribution is 6.07. The number of nitrogens with zero attached hydrogens (tertiary/aromatic N) is 3. The number of hydrogen-bond donors (Lipinski definition) is 0. The van der Waals surface area contributed by atoms with Crippen molar-refractivity contribution in [2.24, 2.45) is 0 Å². The molecular formula is C28H27N3O3. The van der Waals surface area contributed by atoms with Crippen LogP contribution >= 0.6 is 0 Å². The first kappa shape index (κ1) is 21.9. The average Bonchev–Trinajstić information content (AvgIpc) is 3.42. The molecule has 0 radical (unpaired) electrons. The van der Waals surface area contributed by atoms with E-state index < -0.39 is 0 Å². The zero-order valence-electron chi connectivity index (χ0n) is 19.5. The first-order valence-corrected chi connectivity index (χ1v) is 11.7. The van der Waals surface area contributed by atoms with Gasteiger partial charge in [0.15, 0.2) is 5.76 Å². The summed E-state index contributed by atoms with van der Waals surface area (Å²) in [6.45, 7) is 6.04. The van der Waals surface area contributed by atoms with Crippen LogP contribution in [0.5, 0.6) is 0 Å². The van der Waals surface area contributed by atoms with Gasteiger partial charge in [0.25, 0.3) is 11.8 Å². The van der Waals surface area contributed by atoms with Crippen LogP contribution in [0.15, 0.2) is 71.3 Å². The van der Waals surface area contributed by atoms with Gasteiger partial charge in [0, 0.05) is 37.1 Å². The van der Waals surface area contributed by atoms with Crippen LogP contribution in [-0.2, 0) is 6.42 Å². The number of rotatable bonds is 4. The van der Waals surface area contributed by atoms with Crippen molar-refractivity contribution in [2.75, 3.05) is 26.2 Å². The van der Waals surface area contributed by atoms with Crippen molar-refractivity contribution in [1.29, 1.82) is 0 Å². The molecule has 0 spiro atoms. The molecular weight excluding hydrogens is 426 g/mol. The van der Waals surface area contributed by atoms with Gasteiger partial charge in [0.1, 0.15) is 0 Å². The summed E-state index contributed by atoms with van der Waals surface area (Å²) in [5.74, 6) is 0.156. The third kappa shape index (κ3) is 4.19. The van der Waals surface area contributed by atoms with Gasteiger partial charge in [0.05, 0.1) is 23.0 Å². The molecule has 0 aliphatic carbocycles. The first-order valence-electron chi connectivity index (χ1n) is 11.7. The molecule has 1 aliphatic heterocycles. The van der Waals surface area contributed by atoms with Crippen LogP contribution in [0.1, 0.15) is 39.0 Å². The van der Waals surface area contributed by atoms with E-state index in [0.717, 1.165) is 34.1 Å². The summed E-state index contributed by atoms with van der Waals surface area (Å²) < 4.78 is 5.24. The third-order valence-electron chi connectivity index (χ3n) is 6.44. The number of aryl methyl sites for hydroxylation is 2. The number of furan rings is 1. The second-order valence-electron chi connectivity index (χ2n) is 8.69. The van der Waals surface area contributed by atoms with Gasteiger partial charge in [-0.15, -0.1) is 0 Å². The number of aromatic nitrogens is 1. The van der Waals surface area contributed by atoms with Crippen molar-refractivity contribution in [2.45, 2.75) is 20.3 Å². The number of hydrogen-bond acceptors (Lipinski definition) is 4. The van der Waals surface area contributed by atoms with Crippen LogP contribution < -0.4 is 0 Å².